The fourth-order valence-corrected chi connectivity index (χ4v) is 2.21. The molecule has 0 aromatic rings. The molecular formula is C9H18INO. The molecule has 3 heteroatoms. The zero-order valence-electron chi connectivity index (χ0n) is 7.38. The van der Waals surface area contributed by atoms with E-state index in [4.69, 9.17) is 5.73 Å². The van der Waals surface area contributed by atoms with Crippen LogP contribution in [-0.4, -0.2) is 15.3 Å². The summed E-state index contributed by atoms with van der Waals surface area (Å²) in [5.74, 6) is 0.776. The summed E-state index contributed by atoms with van der Waals surface area (Å²) < 4.78 is -0.371. The van der Waals surface area contributed by atoms with Crippen molar-refractivity contribution in [2.24, 2.45) is 11.7 Å². The van der Waals surface area contributed by atoms with E-state index in [0.717, 1.165) is 12.3 Å². The van der Waals surface area contributed by atoms with Crippen LogP contribution in [0.5, 0.6) is 0 Å². The summed E-state index contributed by atoms with van der Waals surface area (Å²) in [4.78, 5) is 0. The van der Waals surface area contributed by atoms with E-state index in [9.17, 15) is 5.11 Å². The maximum absolute atomic E-state index is 9.21. The van der Waals surface area contributed by atoms with E-state index < -0.39 is 0 Å². The van der Waals surface area contributed by atoms with Gasteiger partial charge in [-0.05, 0) is 34.9 Å². The maximum Gasteiger partial charge on any atom is 0.120 e. The minimum atomic E-state index is -0.371. The van der Waals surface area contributed by atoms with Gasteiger partial charge in [-0.15, -0.1) is 0 Å². The molecule has 72 valence electrons. The Kier molecular flexibility index (Phi) is 4.82. The van der Waals surface area contributed by atoms with Crippen LogP contribution in [0.25, 0.3) is 0 Å². The van der Waals surface area contributed by atoms with E-state index in [1.54, 1.807) is 0 Å². The largest absolute Gasteiger partial charge is 0.381 e. The summed E-state index contributed by atoms with van der Waals surface area (Å²) in [7, 11) is 0. The number of rotatable bonds is 3. The van der Waals surface area contributed by atoms with Gasteiger partial charge in [0.2, 0.25) is 0 Å². The van der Waals surface area contributed by atoms with Gasteiger partial charge in [-0.3, -0.25) is 0 Å². The van der Waals surface area contributed by atoms with E-state index in [0.29, 0.717) is 0 Å². The van der Waals surface area contributed by atoms with Gasteiger partial charge in [0.05, 0.1) is 0 Å². The number of alkyl halides is 1. The first-order chi connectivity index (χ1) is 5.70. The predicted octanol–water partition coefficient (Wildman–Crippen LogP) is 2.04. The summed E-state index contributed by atoms with van der Waals surface area (Å²) in [6.45, 7) is 0. The van der Waals surface area contributed by atoms with Gasteiger partial charge in [0.1, 0.15) is 4.11 Å². The summed E-state index contributed by atoms with van der Waals surface area (Å²) in [6.07, 6.45) is 7.74. The van der Waals surface area contributed by atoms with Gasteiger partial charge in [0, 0.05) is 6.04 Å². The van der Waals surface area contributed by atoms with Gasteiger partial charge in [-0.2, -0.15) is 0 Å². The molecule has 1 aliphatic rings. The molecule has 2 nitrogen and oxygen atoms in total. The smallest absolute Gasteiger partial charge is 0.120 e. The fourth-order valence-electron chi connectivity index (χ4n) is 1.92. The Hall–Kier alpha value is 0.650. The highest BCUT2D eigenvalue weighted by Gasteiger charge is 2.19. The lowest BCUT2D eigenvalue weighted by atomic mass is 9.85. The van der Waals surface area contributed by atoms with E-state index in [1.165, 1.54) is 32.1 Å². The molecule has 0 aromatic carbocycles. The average Bonchev–Trinajstić information content (AvgIpc) is 2.06. The Labute approximate surface area is 88.0 Å². The first-order valence-corrected chi connectivity index (χ1v) is 6.02. The molecule has 2 unspecified atom stereocenters. The van der Waals surface area contributed by atoms with Crippen molar-refractivity contribution in [3.05, 3.63) is 0 Å². The summed E-state index contributed by atoms with van der Waals surface area (Å²) in [5, 5.41) is 9.21. The lowest BCUT2D eigenvalue weighted by Crippen LogP contribution is -2.32. The lowest BCUT2D eigenvalue weighted by molar-refractivity contribution is 0.213. The summed E-state index contributed by atoms with van der Waals surface area (Å²) in [6, 6.07) is -0.0197. The molecule has 0 heterocycles. The molecule has 0 aromatic heterocycles. The highest BCUT2D eigenvalue weighted by Crippen LogP contribution is 2.27. The van der Waals surface area contributed by atoms with Gasteiger partial charge in [-0.25, -0.2) is 0 Å². The van der Waals surface area contributed by atoms with Gasteiger partial charge in [0.15, 0.2) is 0 Å². The van der Waals surface area contributed by atoms with E-state index in [1.807, 2.05) is 22.6 Å². The fraction of sp³-hybridized carbons (Fsp3) is 1.00. The van der Waals surface area contributed by atoms with Crippen LogP contribution in [0, 0.1) is 5.92 Å². The number of nitrogens with two attached hydrogens (primary N) is 1. The van der Waals surface area contributed by atoms with E-state index >= 15 is 0 Å². The molecule has 0 spiro atoms. The minimum Gasteiger partial charge on any atom is -0.381 e. The monoisotopic (exact) mass is 283 g/mol. The quantitative estimate of drug-likeness (QED) is 0.615. The molecule has 1 aliphatic carbocycles. The number of aliphatic hydroxyl groups is 1. The Balaban J connectivity index is 2.20. The molecule has 1 rings (SSSR count). The predicted molar refractivity (Wildman–Crippen MR) is 59.2 cm³/mol. The van der Waals surface area contributed by atoms with Crippen LogP contribution in [0.2, 0.25) is 0 Å². The van der Waals surface area contributed by atoms with Crippen LogP contribution in [0.3, 0.4) is 0 Å². The molecular weight excluding hydrogens is 265 g/mol. The van der Waals surface area contributed by atoms with Crippen molar-refractivity contribution < 1.29 is 5.11 Å². The number of halogens is 1. The van der Waals surface area contributed by atoms with Crippen molar-refractivity contribution in [2.45, 2.75) is 48.7 Å². The third-order valence-corrected chi connectivity index (χ3v) is 3.61. The molecule has 1 fully saturated rings. The van der Waals surface area contributed by atoms with Crippen molar-refractivity contribution in [1.29, 1.82) is 0 Å². The molecule has 0 saturated heterocycles. The summed E-state index contributed by atoms with van der Waals surface area (Å²) >= 11 is 2.00. The second-order valence-electron chi connectivity index (χ2n) is 3.78. The molecule has 0 amide bonds. The molecule has 2 atom stereocenters. The van der Waals surface area contributed by atoms with E-state index in [2.05, 4.69) is 0 Å². The highest BCUT2D eigenvalue weighted by atomic mass is 127. The average molecular weight is 283 g/mol. The standard InChI is InChI=1S/C9H18INO/c10-9(12)8(11)6-7-4-2-1-3-5-7/h7-9,12H,1-6,11H2. The van der Waals surface area contributed by atoms with Crippen molar-refractivity contribution in [2.75, 3.05) is 0 Å². The second-order valence-corrected chi connectivity index (χ2v) is 5.05. The highest BCUT2D eigenvalue weighted by molar-refractivity contribution is 14.1. The third-order valence-electron chi connectivity index (χ3n) is 2.68. The Morgan fingerprint density at radius 1 is 1.33 bits per heavy atom. The molecule has 0 radical (unpaired) electrons. The Morgan fingerprint density at radius 2 is 1.92 bits per heavy atom. The number of aliphatic hydroxyl groups excluding tert-OH is 1. The minimum absolute atomic E-state index is 0.0197. The zero-order valence-corrected chi connectivity index (χ0v) is 9.53. The van der Waals surface area contributed by atoms with Crippen molar-refractivity contribution in [3.63, 3.8) is 0 Å². The van der Waals surface area contributed by atoms with Crippen LogP contribution in [-0.2, 0) is 0 Å². The van der Waals surface area contributed by atoms with Crippen LogP contribution in [0.15, 0.2) is 0 Å². The number of hydrogen-bond acceptors (Lipinski definition) is 2. The molecule has 3 N–H and O–H groups in total. The first kappa shape index (κ1) is 10.7. The van der Waals surface area contributed by atoms with Crippen LogP contribution in [0.1, 0.15) is 38.5 Å². The van der Waals surface area contributed by atoms with Crippen LogP contribution in [0.4, 0.5) is 0 Å². The second kappa shape index (κ2) is 5.40. The van der Waals surface area contributed by atoms with Crippen molar-refractivity contribution in [3.8, 4) is 0 Å². The van der Waals surface area contributed by atoms with Crippen molar-refractivity contribution >= 4 is 22.6 Å². The van der Waals surface area contributed by atoms with E-state index in [-0.39, 0.29) is 10.2 Å². The van der Waals surface area contributed by atoms with Crippen LogP contribution < -0.4 is 5.73 Å². The first-order valence-electron chi connectivity index (χ1n) is 4.78. The maximum atomic E-state index is 9.21. The third kappa shape index (κ3) is 3.58. The molecule has 12 heavy (non-hydrogen) atoms. The SMILES string of the molecule is NC(CC1CCCCC1)C(O)I. The molecule has 0 bridgehead atoms. The van der Waals surface area contributed by atoms with Crippen LogP contribution >= 0.6 is 22.6 Å². The van der Waals surface area contributed by atoms with Gasteiger partial charge in [-0.1, -0.05) is 32.1 Å². The molecule has 1 saturated carbocycles. The normalized spacial score (nSPS) is 25.2. The zero-order chi connectivity index (χ0) is 8.97. The number of hydrogen-bond donors (Lipinski definition) is 2. The van der Waals surface area contributed by atoms with Gasteiger partial charge in [0.25, 0.3) is 0 Å². The summed E-state index contributed by atoms with van der Waals surface area (Å²) in [5.41, 5.74) is 5.79. The topological polar surface area (TPSA) is 46.2 Å². The Morgan fingerprint density at radius 3 is 2.42 bits per heavy atom. The molecule has 0 aliphatic heterocycles. The van der Waals surface area contributed by atoms with Gasteiger partial charge >= 0.3 is 0 Å². The Bertz CT molecular complexity index is 124. The van der Waals surface area contributed by atoms with Gasteiger partial charge < -0.3 is 10.8 Å². The lowest BCUT2D eigenvalue weighted by Gasteiger charge is -2.25. The van der Waals surface area contributed by atoms with Crippen molar-refractivity contribution in [1.82, 2.24) is 0 Å².